The number of piperazine rings is 1. The second-order valence-corrected chi connectivity index (χ2v) is 5.79. The minimum absolute atomic E-state index is 0.0695. The van der Waals surface area contributed by atoms with Crippen LogP contribution >= 0.6 is 0 Å². The number of para-hydroxylation sites is 1. The molecule has 2 rings (SSSR count). The first kappa shape index (κ1) is 18.7. The average molecular weight is 345 g/mol. The summed E-state index contributed by atoms with van der Waals surface area (Å²) in [5.41, 5.74) is -1.05. The molecule has 1 aromatic carbocycles. The number of halogens is 3. The number of aliphatic hydroxyl groups is 1. The Hall–Kier alpha value is -1.64. The first-order valence-electron chi connectivity index (χ1n) is 7.92. The third kappa shape index (κ3) is 5.47. The highest BCUT2D eigenvalue weighted by Crippen LogP contribution is 2.34. The van der Waals surface area contributed by atoms with Crippen molar-refractivity contribution < 1.29 is 23.1 Å². The Labute approximate surface area is 139 Å². The normalized spacial score (nSPS) is 17.0. The summed E-state index contributed by atoms with van der Waals surface area (Å²) in [6.07, 6.45) is -3.78. The van der Waals surface area contributed by atoms with Crippen LogP contribution in [-0.4, -0.2) is 66.7 Å². The molecular formula is C16H22F3N3O2. The first-order valence-corrected chi connectivity index (χ1v) is 7.92. The van der Waals surface area contributed by atoms with Crippen molar-refractivity contribution in [3.05, 3.63) is 29.8 Å². The quantitative estimate of drug-likeness (QED) is 0.823. The Morgan fingerprint density at radius 3 is 2.38 bits per heavy atom. The van der Waals surface area contributed by atoms with Crippen molar-refractivity contribution in [2.24, 2.45) is 0 Å². The van der Waals surface area contributed by atoms with Gasteiger partial charge in [0.1, 0.15) is 0 Å². The molecule has 1 saturated heterocycles. The number of alkyl halides is 3. The number of carbonyl (C=O) groups excluding carboxylic acids is 1. The van der Waals surface area contributed by atoms with Crippen LogP contribution in [0.15, 0.2) is 24.3 Å². The zero-order valence-electron chi connectivity index (χ0n) is 13.4. The third-order valence-electron chi connectivity index (χ3n) is 3.97. The van der Waals surface area contributed by atoms with E-state index >= 15 is 0 Å². The van der Waals surface area contributed by atoms with Crippen molar-refractivity contribution in [1.82, 2.24) is 9.80 Å². The van der Waals surface area contributed by atoms with Crippen LogP contribution in [0.1, 0.15) is 12.0 Å². The average Bonchev–Trinajstić information content (AvgIpc) is 2.53. The lowest BCUT2D eigenvalue weighted by molar-refractivity contribution is -0.137. The van der Waals surface area contributed by atoms with E-state index in [0.29, 0.717) is 19.5 Å². The van der Waals surface area contributed by atoms with Crippen LogP contribution in [0.25, 0.3) is 0 Å². The van der Waals surface area contributed by atoms with Gasteiger partial charge >= 0.3 is 6.18 Å². The molecule has 1 aliphatic heterocycles. The molecule has 134 valence electrons. The van der Waals surface area contributed by atoms with E-state index in [-0.39, 0.29) is 18.8 Å². The van der Waals surface area contributed by atoms with Crippen LogP contribution in [0.5, 0.6) is 0 Å². The van der Waals surface area contributed by atoms with E-state index in [1.807, 2.05) is 4.90 Å². The van der Waals surface area contributed by atoms with Crippen LogP contribution in [0.3, 0.4) is 0 Å². The number of hydrogen-bond acceptors (Lipinski definition) is 4. The molecule has 0 radical (unpaired) electrons. The van der Waals surface area contributed by atoms with Crippen LogP contribution in [-0.2, 0) is 11.0 Å². The third-order valence-corrected chi connectivity index (χ3v) is 3.97. The van der Waals surface area contributed by atoms with Crippen LogP contribution in [0.2, 0.25) is 0 Å². The molecule has 0 aromatic heterocycles. The van der Waals surface area contributed by atoms with E-state index in [1.165, 1.54) is 18.2 Å². The Morgan fingerprint density at radius 2 is 1.75 bits per heavy atom. The van der Waals surface area contributed by atoms with Gasteiger partial charge in [0, 0.05) is 39.3 Å². The minimum atomic E-state index is -4.50. The summed E-state index contributed by atoms with van der Waals surface area (Å²) < 4.78 is 38.8. The smallest absolute Gasteiger partial charge is 0.396 e. The van der Waals surface area contributed by atoms with Crippen molar-refractivity contribution in [2.45, 2.75) is 12.6 Å². The summed E-state index contributed by atoms with van der Waals surface area (Å²) >= 11 is 0. The largest absolute Gasteiger partial charge is 0.418 e. The molecular weight excluding hydrogens is 323 g/mol. The predicted octanol–water partition coefficient (Wildman–Crippen LogP) is 1.64. The molecule has 1 amide bonds. The highest BCUT2D eigenvalue weighted by atomic mass is 19.4. The molecule has 1 fully saturated rings. The van der Waals surface area contributed by atoms with Crippen LogP contribution in [0, 0.1) is 0 Å². The van der Waals surface area contributed by atoms with Crippen molar-refractivity contribution in [3.63, 3.8) is 0 Å². The molecule has 0 spiro atoms. The molecule has 5 nitrogen and oxygen atoms in total. The molecule has 0 bridgehead atoms. The van der Waals surface area contributed by atoms with Crippen LogP contribution < -0.4 is 5.32 Å². The molecule has 1 aliphatic rings. The highest BCUT2D eigenvalue weighted by molar-refractivity contribution is 5.93. The number of nitrogens with one attached hydrogen (secondary N) is 1. The maximum atomic E-state index is 12.9. The summed E-state index contributed by atoms with van der Waals surface area (Å²) in [5.74, 6) is -0.449. The Kier molecular flexibility index (Phi) is 6.59. The van der Waals surface area contributed by atoms with Crippen molar-refractivity contribution in [2.75, 3.05) is 51.2 Å². The fraction of sp³-hybridized carbons (Fsp3) is 0.562. The van der Waals surface area contributed by atoms with Crippen molar-refractivity contribution >= 4 is 11.6 Å². The Morgan fingerprint density at radius 1 is 1.12 bits per heavy atom. The second-order valence-electron chi connectivity index (χ2n) is 5.79. The van der Waals surface area contributed by atoms with Gasteiger partial charge < -0.3 is 15.3 Å². The van der Waals surface area contributed by atoms with E-state index in [2.05, 4.69) is 10.2 Å². The Bertz CT molecular complexity index is 544. The molecule has 0 unspecified atom stereocenters. The molecule has 1 aromatic rings. The van der Waals surface area contributed by atoms with Gasteiger partial charge in [-0.2, -0.15) is 13.2 Å². The number of nitrogens with zero attached hydrogens (tertiary/aromatic N) is 2. The lowest BCUT2D eigenvalue weighted by Crippen LogP contribution is -2.48. The molecule has 8 heteroatoms. The van der Waals surface area contributed by atoms with Crippen LogP contribution in [0.4, 0.5) is 18.9 Å². The molecule has 0 saturated carbocycles. The van der Waals surface area contributed by atoms with Gasteiger partial charge in [-0.15, -0.1) is 0 Å². The fourth-order valence-corrected chi connectivity index (χ4v) is 2.70. The number of amides is 1. The Balaban J connectivity index is 1.85. The maximum Gasteiger partial charge on any atom is 0.418 e. The lowest BCUT2D eigenvalue weighted by Gasteiger charge is -2.34. The minimum Gasteiger partial charge on any atom is -0.396 e. The topological polar surface area (TPSA) is 55.8 Å². The number of carbonyl (C=O) groups is 1. The van der Waals surface area contributed by atoms with Gasteiger partial charge in [0.15, 0.2) is 0 Å². The van der Waals surface area contributed by atoms with E-state index in [1.54, 1.807) is 0 Å². The lowest BCUT2D eigenvalue weighted by atomic mass is 10.1. The number of rotatable bonds is 6. The van der Waals surface area contributed by atoms with Gasteiger partial charge in [0.25, 0.3) is 0 Å². The summed E-state index contributed by atoms with van der Waals surface area (Å²) in [6.45, 7) is 3.97. The number of hydrogen-bond donors (Lipinski definition) is 2. The molecule has 0 atom stereocenters. The molecule has 24 heavy (non-hydrogen) atoms. The van der Waals surface area contributed by atoms with E-state index in [0.717, 1.165) is 25.7 Å². The van der Waals surface area contributed by atoms with Gasteiger partial charge in [-0.25, -0.2) is 0 Å². The zero-order chi connectivity index (χ0) is 17.6. The molecule has 1 heterocycles. The van der Waals surface area contributed by atoms with Gasteiger partial charge in [-0.05, 0) is 18.6 Å². The summed E-state index contributed by atoms with van der Waals surface area (Å²) in [5, 5.41) is 11.2. The molecule has 2 N–H and O–H groups in total. The zero-order valence-corrected chi connectivity index (χ0v) is 13.4. The number of anilines is 1. The highest BCUT2D eigenvalue weighted by Gasteiger charge is 2.33. The standard InChI is InChI=1S/C16H22F3N3O2/c17-16(18,19)13-4-1-2-5-14(13)20-15(24)12-22-9-7-21(8-10-22)6-3-11-23/h1-2,4-5,23H,3,6-12H2,(H,20,24). The van der Waals surface area contributed by atoms with Gasteiger partial charge in [0.2, 0.25) is 5.91 Å². The number of benzene rings is 1. The summed E-state index contributed by atoms with van der Waals surface area (Å²) in [4.78, 5) is 16.2. The van der Waals surface area contributed by atoms with E-state index in [4.69, 9.17) is 5.11 Å². The second kappa shape index (κ2) is 8.46. The van der Waals surface area contributed by atoms with Gasteiger partial charge in [-0.1, -0.05) is 12.1 Å². The first-order chi connectivity index (χ1) is 11.4. The molecule has 0 aliphatic carbocycles. The van der Waals surface area contributed by atoms with Gasteiger partial charge in [-0.3, -0.25) is 9.69 Å². The fourth-order valence-electron chi connectivity index (χ4n) is 2.70. The number of aliphatic hydroxyl groups excluding tert-OH is 1. The SMILES string of the molecule is O=C(CN1CCN(CCCO)CC1)Nc1ccccc1C(F)(F)F. The van der Waals surface area contributed by atoms with Crippen molar-refractivity contribution in [1.29, 1.82) is 0 Å². The predicted molar refractivity (Wildman–Crippen MR) is 84.7 cm³/mol. The van der Waals surface area contributed by atoms with E-state index in [9.17, 15) is 18.0 Å². The monoisotopic (exact) mass is 345 g/mol. The summed E-state index contributed by atoms with van der Waals surface area (Å²) in [6, 6.07) is 4.97. The van der Waals surface area contributed by atoms with E-state index < -0.39 is 17.6 Å². The summed E-state index contributed by atoms with van der Waals surface area (Å²) in [7, 11) is 0. The van der Waals surface area contributed by atoms with Crippen molar-refractivity contribution in [3.8, 4) is 0 Å². The van der Waals surface area contributed by atoms with Gasteiger partial charge in [0.05, 0.1) is 17.8 Å². The maximum absolute atomic E-state index is 12.9.